The van der Waals surface area contributed by atoms with Crippen molar-refractivity contribution in [3.8, 4) is 0 Å². The number of nitrogens with one attached hydrogen (secondary N) is 2. The average Bonchev–Trinajstić information content (AvgIpc) is 2.50. The maximum atomic E-state index is 11.2. The van der Waals surface area contributed by atoms with Gasteiger partial charge in [-0.2, -0.15) is 0 Å². The van der Waals surface area contributed by atoms with E-state index in [2.05, 4.69) is 10.6 Å². The molecule has 21 heavy (non-hydrogen) atoms. The van der Waals surface area contributed by atoms with Crippen LogP contribution in [0.25, 0.3) is 0 Å². The molecular weight excluding hydrogens is 268 g/mol. The van der Waals surface area contributed by atoms with Crippen molar-refractivity contribution in [1.29, 1.82) is 0 Å². The van der Waals surface area contributed by atoms with Gasteiger partial charge < -0.3 is 20.5 Å². The third-order valence-corrected chi connectivity index (χ3v) is 3.09. The Morgan fingerprint density at radius 2 is 2.05 bits per heavy atom. The number of carbonyl (C=O) groups excluding carboxylic acids is 1. The van der Waals surface area contributed by atoms with Crippen LogP contribution < -0.4 is 10.6 Å². The minimum atomic E-state index is -0.578. The first-order valence-electron chi connectivity index (χ1n) is 7.45. The fourth-order valence-corrected chi connectivity index (χ4v) is 1.89. The minimum absolute atomic E-state index is 0.0217. The van der Waals surface area contributed by atoms with Crippen LogP contribution >= 0.6 is 0 Å². The van der Waals surface area contributed by atoms with Crippen molar-refractivity contribution in [1.82, 2.24) is 10.6 Å². The molecule has 0 saturated heterocycles. The van der Waals surface area contributed by atoms with Gasteiger partial charge in [-0.1, -0.05) is 30.3 Å². The molecule has 118 valence electrons. The molecule has 0 saturated carbocycles. The van der Waals surface area contributed by atoms with E-state index < -0.39 is 6.10 Å². The zero-order valence-electron chi connectivity index (χ0n) is 12.8. The van der Waals surface area contributed by atoms with E-state index in [1.807, 2.05) is 44.2 Å². The Labute approximate surface area is 126 Å². The summed E-state index contributed by atoms with van der Waals surface area (Å²) in [4.78, 5) is 11.2. The lowest BCUT2D eigenvalue weighted by molar-refractivity contribution is -0.120. The number of hydrogen-bond acceptors (Lipinski definition) is 4. The highest BCUT2D eigenvalue weighted by molar-refractivity contribution is 5.75. The van der Waals surface area contributed by atoms with Gasteiger partial charge in [0.25, 0.3) is 0 Å². The summed E-state index contributed by atoms with van der Waals surface area (Å²) in [7, 11) is 0. The normalized spacial score (nSPS) is 13.7. The highest BCUT2D eigenvalue weighted by Gasteiger charge is 2.09. The summed E-state index contributed by atoms with van der Waals surface area (Å²) in [5.41, 5.74) is 1.09. The number of hydrogen-bond donors (Lipinski definition) is 3. The molecule has 0 aliphatic heterocycles. The largest absolute Gasteiger partial charge is 0.389 e. The quantitative estimate of drug-likeness (QED) is 0.568. The number of carbonyl (C=O) groups is 1. The molecule has 1 aromatic carbocycles. The van der Waals surface area contributed by atoms with E-state index in [1.54, 1.807) is 0 Å². The standard InChI is InChI=1S/C16H26N2O3/c1-3-18-16(20)9-10-17-11-15(19)12-21-13(2)14-7-5-4-6-8-14/h4-8,13,15,17,19H,3,9-12H2,1-2H3,(H,18,20). The Kier molecular flexibility index (Phi) is 8.66. The molecular formula is C16H26N2O3. The molecule has 0 aliphatic carbocycles. The first kappa shape index (κ1) is 17.6. The molecule has 2 unspecified atom stereocenters. The maximum absolute atomic E-state index is 11.2. The van der Waals surface area contributed by atoms with Crippen LogP contribution in [-0.4, -0.2) is 43.4 Å². The number of aliphatic hydroxyl groups excluding tert-OH is 1. The fourth-order valence-electron chi connectivity index (χ4n) is 1.89. The lowest BCUT2D eigenvalue weighted by atomic mass is 10.1. The second-order valence-corrected chi connectivity index (χ2v) is 4.95. The topological polar surface area (TPSA) is 70.6 Å². The Hall–Kier alpha value is -1.43. The van der Waals surface area contributed by atoms with Crippen molar-refractivity contribution in [3.05, 3.63) is 35.9 Å². The fraction of sp³-hybridized carbons (Fsp3) is 0.562. The zero-order valence-corrected chi connectivity index (χ0v) is 12.8. The molecule has 1 rings (SSSR count). The number of ether oxygens (including phenoxy) is 1. The second kappa shape index (κ2) is 10.3. The van der Waals surface area contributed by atoms with Gasteiger partial charge in [0.1, 0.15) is 0 Å². The van der Waals surface area contributed by atoms with Crippen molar-refractivity contribution < 1.29 is 14.6 Å². The predicted octanol–water partition coefficient (Wildman–Crippen LogP) is 1.24. The SMILES string of the molecule is CCNC(=O)CCNCC(O)COC(C)c1ccccc1. The lowest BCUT2D eigenvalue weighted by Gasteiger charge is -2.17. The number of rotatable bonds is 10. The Morgan fingerprint density at radius 1 is 1.33 bits per heavy atom. The van der Waals surface area contributed by atoms with Gasteiger partial charge >= 0.3 is 0 Å². The van der Waals surface area contributed by atoms with E-state index in [0.717, 1.165) is 5.56 Å². The van der Waals surface area contributed by atoms with Crippen LogP contribution in [0, 0.1) is 0 Å². The summed E-state index contributed by atoms with van der Waals surface area (Å²) in [5, 5.41) is 15.6. The molecule has 0 aliphatic rings. The molecule has 1 amide bonds. The van der Waals surface area contributed by atoms with Crippen molar-refractivity contribution in [2.24, 2.45) is 0 Å². The van der Waals surface area contributed by atoms with Crippen molar-refractivity contribution >= 4 is 5.91 Å². The van der Waals surface area contributed by atoms with Gasteiger partial charge in [-0.05, 0) is 19.4 Å². The van der Waals surface area contributed by atoms with Gasteiger partial charge in [-0.25, -0.2) is 0 Å². The van der Waals surface area contributed by atoms with E-state index in [-0.39, 0.29) is 18.6 Å². The molecule has 2 atom stereocenters. The molecule has 5 heteroatoms. The summed E-state index contributed by atoms with van der Waals surface area (Å²) in [5.74, 6) is 0.0217. The van der Waals surface area contributed by atoms with Gasteiger partial charge in [0, 0.05) is 26.1 Å². The summed E-state index contributed by atoms with van der Waals surface area (Å²) < 4.78 is 5.64. The van der Waals surface area contributed by atoms with Gasteiger partial charge in [-0.15, -0.1) is 0 Å². The van der Waals surface area contributed by atoms with Crippen molar-refractivity contribution in [2.75, 3.05) is 26.2 Å². The summed E-state index contributed by atoms with van der Waals surface area (Å²) in [6.45, 7) is 5.74. The van der Waals surface area contributed by atoms with E-state index >= 15 is 0 Å². The molecule has 0 aromatic heterocycles. The van der Waals surface area contributed by atoms with Crippen LogP contribution in [0.2, 0.25) is 0 Å². The number of aliphatic hydroxyl groups is 1. The minimum Gasteiger partial charge on any atom is -0.389 e. The first-order chi connectivity index (χ1) is 10.1. The molecule has 0 radical (unpaired) electrons. The van der Waals surface area contributed by atoms with Gasteiger partial charge in [0.05, 0.1) is 18.8 Å². The zero-order chi connectivity index (χ0) is 15.5. The predicted molar refractivity (Wildman–Crippen MR) is 83.0 cm³/mol. The highest BCUT2D eigenvalue weighted by atomic mass is 16.5. The monoisotopic (exact) mass is 294 g/mol. The molecule has 0 heterocycles. The van der Waals surface area contributed by atoms with Crippen molar-refractivity contribution in [3.63, 3.8) is 0 Å². The highest BCUT2D eigenvalue weighted by Crippen LogP contribution is 2.15. The van der Waals surface area contributed by atoms with Crippen LogP contribution in [0.4, 0.5) is 0 Å². The Bertz CT molecular complexity index is 398. The maximum Gasteiger partial charge on any atom is 0.221 e. The van der Waals surface area contributed by atoms with E-state index in [1.165, 1.54) is 0 Å². The van der Waals surface area contributed by atoms with E-state index in [4.69, 9.17) is 4.74 Å². The van der Waals surface area contributed by atoms with Gasteiger partial charge in [0.2, 0.25) is 5.91 Å². The first-order valence-corrected chi connectivity index (χ1v) is 7.45. The molecule has 5 nitrogen and oxygen atoms in total. The third kappa shape index (κ3) is 7.80. The van der Waals surface area contributed by atoms with E-state index in [9.17, 15) is 9.90 Å². The average molecular weight is 294 g/mol. The summed E-state index contributed by atoms with van der Waals surface area (Å²) in [6, 6.07) is 9.90. The smallest absolute Gasteiger partial charge is 0.221 e. The Morgan fingerprint density at radius 3 is 2.71 bits per heavy atom. The number of benzene rings is 1. The van der Waals surface area contributed by atoms with Crippen LogP contribution in [0.15, 0.2) is 30.3 Å². The summed E-state index contributed by atoms with van der Waals surface area (Å²) in [6.07, 6.45) is -0.205. The second-order valence-electron chi connectivity index (χ2n) is 4.95. The summed E-state index contributed by atoms with van der Waals surface area (Å²) >= 11 is 0. The van der Waals surface area contributed by atoms with Crippen LogP contribution in [0.1, 0.15) is 31.9 Å². The molecule has 0 bridgehead atoms. The molecule has 0 spiro atoms. The third-order valence-electron chi connectivity index (χ3n) is 3.09. The van der Waals surface area contributed by atoms with Gasteiger partial charge in [0.15, 0.2) is 0 Å². The molecule has 3 N–H and O–H groups in total. The molecule has 0 fully saturated rings. The van der Waals surface area contributed by atoms with Crippen molar-refractivity contribution in [2.45, 2.75) is 32.5 Å². The van der Waals surface area contributed by atoms with Crippen LogP contribution in [0.5, 0.6) is 0 Å². The molecule has 1 aromatic rings. The lowest BCUT2D eigenvalue weighted by Crippen LogP contribution is -2.33. The number of amides is 1. The van der Waals surface area contributed by atoms with Crippen LogP contribution in [-0.2, 0) is 9.53 Å². The Balaban J connectivity index is 2.11. The van der Waals surface area contributed by atoms with E-state index in [0.29, 0.717) is 26.1 Å². The van der Waals surface area contributed by atoms with Crippen LogP contribution in [0.3, 0.4) is 0 Å². The van der Waals surface area contributed by atoms with Gasteiger partial charge in [-0.3, -0.25) is 4.79 Å².